The van der Waals surface area contributed by atoms with Gasteiger partial charge in [0, 0.05) is 0 Å². The molecule has 0 heterocycles. The molecule has 0 aromatic heterocycles. The molecule has 9 heavy (non-hydrogen) atoms. The van der Waals surface area contributed by atoms with Gasteiger partial charge in [-0.25, -0.2) is 4.79 Å². The van der Waals surface area contributed by atoms with E-state index in [1.165, 1.54) is 0 Å². The Balaban J connectivity index is 3.48. The van der Waals surface area contributed by atoms with Crippen molar-refractivity contribution in [2.24, 2.45) is 16.6 Å². The number of oxime groups is 1. The Labute approximate surface area is 50.4 Å². The zero-order chi connectivity index (χ0) is 7.28. The Morgan fingerprint density at radius 3 is 2.33 bits per heavy atom. The number of nitrogens with zero attached hydrogens (tertiary/aromatic N) is 1. The molecule has 0 fully saturated rings. The van der Waals surface area contributed by atoms with E-state index < -0.39 is 12.0 Å². The van der Waals surface area contributed by atoms with E-state index in [4.69, 9.17) is 0 Å². The van der Waals surface area contributed by atoms with Gasteiger partial charge in [-0.1, -0.05) is 5.16 Å². The average Bonchev–Trinajstić information content (AvgIpc) is 1.63. The van der Waals surface area contributed by atoms with Crippen molar-refractivity contribution in [3.05, 3.63) is 0 Å². The number of carbonyl (C=O) groups excluding carboxylic acids is 2. The largest absolute Gasteiger partial charge is 0.430 e. The van der Waals surface area contributed by atoms with E-state index in [1.807, 2.05) is 0 Å². The Morgan fingerprint density at radius 1 is 1.44 bits per heavy atom. The van der Waals surface area contributed by atoms with Crippen molar-refractivity contribution in [3.63, 3.8) is 0 Å². The topological polar surface area (TPSA) is 108 Å². The van der Waals surface area contributed by atoms with Crippen LogP contribution in [0.3, 0.4) is 0 Å². The number of amides is 2. The van der Waals surface area contributed by atoms with Gasteiger partial charge in [-0.3, -0.25) is 9.63 Å². The Kier molecular flexibility index (Phi) is 2.81. The molecule has 0 rings (SSSR count). The van der Waals surface area contributed by atoms with Crippen molar-refractivity contribution < 1.29 is 14.4 Å². The van der Waals surface area contributed by atoms with Crippen LogP contribution in [0, 0.1) is 0 Å². The number of carbonyl (C=O) groups is 2. The van der Waals surface area contributed by atoms with Crippen molar-refractivity contribution in [3.8, 4) is 0 Å². The van der Waals surface area contributed by atoms with Crippen molar-refractivity contribution in [2.75, 3.05) is 0 Å². The minimum atomic E-state index is -1.09. The highest BCUT2D eigenvalue weighted by molar-refractivity contribution is 6.25. The van der Waals surface area contributed by atoms with Gasteiger partial charge in [-0.2, -0.15) is 0 Å². The number of hydrogen-bond acceptors (Lipinski definition) is 4. The van der Waals surface area contributed by atoms with E-state index in [-0.39, 0.29) is 0 Å². The van der Waals surface area contributed by atoms with E-state index in [2.05, 4.69) is 21.5 Å². The number of hydrogen-bond donors (Lipinski definition) is 2. The molecule has 0 saturated carbocycles. The smallest absolute Gasteiger partial charge is 0.365 e. The van der Waals surface area contributed by atoms with Gasteiger partial charge in [0.05, 0.1) is 0 Å². The second-order valence-electron chi connectivity index (χ2n) is 1.05. The van der Waals surface area contributed by atoms with Gasteiger partial charge in [0.15, 0.2) is 0 Å². The van der Waals surface area contributed by atoms with Crippen LogP contribution in [0.4, 0.5) is 4.79 Å². The molecule has 2 amide bonds. The van der Waals surface area contributed by atoms with Crippen molar-refractivity contribution >= 4 is 18.2 Å². The van der Waals surface area contributed by atoms with Gasteiger partial charge in [0.2, 0.25) is 0 Å². The Morgan fingerprint density at radius 2 is 2.00 bits per heavy atom. The standard InChI is InChI=1S/C3H5N3O3/c4-2(7)1-6-9-3(5)8/h1H,(H2,4,7)(H2,5,8)/b6-1-. The van der Waals surface area contributed by atoms with Crippen molar-refractivity contribution in [2.45, 2.75) is 0 Å². The lowest BCUT2D eigenvalue weighted by Gasteiger charge is -1.84. The molecule has 0 aliphatic rings. The van der Waals surface area contributed by atoms with Gasteiger partial charge in [0.1, 0.15) is 6.21 Å². The summed E-state index contributed by atoms with van der Waals surface area (Å²) in [6.45, 7) is 0. The van der Waals surface area contributed by atoms with Crippen LogP contribution in [0.15, 0.2) is 5.16 Å². The SMILES string of the molecule is NC(=O)/C=N\OC(N)=O. The summed E-state index contributed by atoms with van der Waals surface area (Å²) in [4.78, 5) is 23.3. The van der Waals surface area contributed by atoms with E-state index in [1.54, 1.807) is 0 Å². The summed E-state index contributed by atoms with van der Waals surface area (Å²) in [5, 5.41) is 2.80. The fourth-order valence-electron chi connectivity index (χ4n) is 0.130. The van der Waals surface area contributed by atoms with E-state index in [9.17, 15) is 9.59 Å². The maximum atomic E-state index is 9.82. The van der Waals surface area contributed by atoms with Crippen LogP contribution < -0.4 is 11.5 Å². The highest BCUT2D eigenvalue weighted by Gasteiger charge is 1.88. The fraction of sp³-hybridized carbons (Fsp3) is 0. The third-order valence-corrected chi connectivity index (χ3v) is 0.323. The summed E-state index contributed by atoms with van der Waals surface area (Å²) in [6.07, 6.45) is -0.461. The Hall–Kier alpha value is -1.59. The molecular formula is C3H5N3O3. The van der Waals surface area contributed by atoms with Crippen LogP contribution in [-0.4, -0.2) is 18.2 Å². The molecule has 6 heteroatoms. The van der Waals surface area contributed by atoms with Crippen LogP contribution in [0.5, 0.6) is 0 Å². The minimum absolute atomic E-state index is 0.630. The van der Waals surface area contributed by atoms with Crippen LogP contribution in [0.2, 0.25) is 0 Å². The molecular weight excluding hydrogens is 126 g/mol. The summed E-state index contributed by atoms with van der Waals surface area (Å²) in [6, 6.07) is 0. The third kappa shape index (κ3) is 6.41. The highest BCUT2D eigenvalue weighted by Crippen LogP contribution is 1.69. The molecule has 0 atom stereocenters. The van der Waals surface area contributed by atoms with E-state index >= 15 is 0 Å². The first-order chi connectivity index (χ1) is 4.13. The maximum Gasteiger partial charge on any atom is 0.430 e. The monoisotopic (exact) mass is 131 g/mol. The lowest BCUT2D eigenvalue weighted by atomic mass is 10.7. The van der Waals surface area contributed by atoms with Gasteiger partial charge in [-0.15, -0.1) is 0 Å². The summed E-state index contributed by atoms with van der Waals surface area (Å²) >= 11 is 0. The summed E-state index contributed by atoms with van der Waals surface area (Å²) in [5.74, 6) is -0.809. The van der Waals surface area contributed by atoms with E-state index in [0.29, 0.717) is 6.21 Å². The molecule has 0 spiro atoms. The first-order valence-electron chi connectivity index (χ1n) is 1.92. The van der Waals surface area contributed by atoms with Gasteiger partial charge < -0.3 is 11.5 Å². The Bertz CT molecular complexity index is 152. The number of rotatable bonds is 2. The van der Waals surface area contributed by atoms with Crippen LogP contribution in [-0.2, 0) is 9.63 Å². The number of primary amides is 2. The maximum absolute atomic E-state index is 9.82. The summed E-state index contributed by atoms with van der Waals surface area (Å²) in [7, 11) is 0. The van der Waals surface area contributed by atoms with E-state index in [0.717, 1.165) is 0 Å². The molecule has 6 nitrogen and oxygen atoms in total. The summed E-state index contributed by atoms with van der Waals surface area (Å²) in [5.41, 5.74) is 9.01. The normalized spacial score (nSPS) is 9.33. The zero-order valence-electron chi connectivity index (χ0n) is 4.40. The summed E-state index contributed by atoms with van der Waals surface area (Å²) < 4.78 is 0. The first kappa shape index (κ1) is 7.41. The van der Waals surface area contributed by atoms with Gasteiger partial charge in [-0.05, 0) is 0 Å². The van der Waals surface area contributed by atoms with Crippen molar-refractivity contribution in [1.82, 2.24) is 0 Å². The molecule has 0 aromatic carbocycles. The predicted molar refractivity (Wildman–Crippen MR) is 28.4 cm³/mol. The van der Waals surface area contributed by atoms with Crippen LogP contribution in [0.1, 0.15) is 0 Å². The third-order valence-electron chi connectivity index (χ3n) is 0.323. The predicted octanol–water partition coefficient (Wildman–Crippen LogP) is -1.45. The molecule has 4 N–H and O–H groups in total. The number of nitrogens with two attached hydrogens (primary N) is 2. The molecule has 0 unspecified atom stereocenters. The second kappa shape index (κ2) is 3.42. The molecule has 0 aliphatic heterocycles. The minimum Gasteiger partial charge on any atom is -0.365 e. The highest BCUT2D eigenvalue weighted by atomic mass is 16.7. The molecule has 0 radical (unpaired) electrons. The lowest BCUT2D eigenvalue weighted by molar-refractivity contribution is -0.111. The molecule has 0 aliphatic carbocycles. The fourth-order valence-corrected chi connectivity index (χ4v) is 0.130. The van der Waals surface area contributed by atoms with Gasteiger partial charge in [0.25, 0.3) is 5.91 Å². The second-order valence-corrected chi connectivity index (χ2v) is 1.05. The molecule has 50 valence electrons. The van der Waals surface area contributed by atoms with Crippen LogP contribution in [0.25, 0.3) is 0 Å². The molecule has 0 bridgehead atoms. The first-order valence-corrected chi connectivity index (χ1v) is 1.92. The lowest BCUT2D eigenvalue weighted by Crippen LogP contribution is -2.14. The quantitative estimate of drug-likeness (QED) is 0.272. The van der Waals surface area contributed by atoms with Crippen LogP contribution >= 0.6 is 0 Å². The van der Waals surface area contributed by atoms with Gasteiger partial charge >= 0.3 is 6.09 Å². The molecule has 0 aromatic rings. The average molecular weight is 131 g/mol. The van der Waals surface area contributed by atoms with Crippen molar-refractivity contribution in [1.29, 1.82) is 0 Å². The zero-order valence-corrected chi connectivity index (χ0v) is 4.40. The molecule has 0 saturated heterocycles.